The predicted molar refractivity (Wildman–Crippen MR) is 71.6 cm³/mol. The van der Waals surface area contributed by atoms with Crippen LogP contribution in [0.15, 0.2) is 18.2 Å². The molecule has 0 aliphatic rings. The number of aromatic amines is 1. The second kappa shape index (κ2) is 4.52. The molecule has 0 aliphatic carbocycles. The number of aryl methyl sites for hydroxylation is 3. The van der Waals surface area contributed by atoms with E-state index < -0.39 is 0 Å². The van der Waals surface area contributed by atoms with E-state index in [1.807, 2.05) is 26.8 Å². The standard InChI is InChI=1S/C13H16N4O/c1-7-4-5-10(6-11(7)14)13(18)15-12-8(2)16-17-9(12)3/h4-6H,14H2,1-3H3,(H,15,18)(H,16,17). The Hall–Kier alpha value is -2.30. The first-order chi connectivity index (χ1) is 8.49. The first-order valence-corrected chi connectivity index (χ1v) is 5.68. The van der Waals surface area contributed by atoms with Crippen LogP contribution in [0.5, 0.6) is 0 Å². The molecule has 4 N–H and O–H groups in total. The van der Waals surface area contributed by atoms with Crippen LogP contribution in [0.4, 0.5) is 11.4 Å². The molecule has 0 spiro atoms. The highest BCUT2D eigenvalue weighted by atomic mass is 16.1. The largest absolute Gasteiger partial charge is 0.398 e. The van der Waals surface area contributed by atoms with E-state index in [4.69, 9.17) is 5.73 Å². The Balaban J connectivity index is 2.25. The summed E-state index contributed by atoms with van der Waals surface area (Å²) in [5, 5.41) is 9.69. The summed E-state index contributed by atoms with van der Waals surface area (Å²) in [5.74, 6) is -0.186. The quantitative estimate of drug-likeness (QED) is 0.708. The lowest BCUT2D eigenvalue weighted by atomic mass is 10.1. The topological polar surface area (TPSA) is 83.8 Å². The molecule has 5 nitrogen and oxygen atoms in total. The molecule has 0 unspecified atom stereocenters. The van der Waals surface area contributed by atoms with Gasteiger partial charge in [-0.3, -0.25) is 9.89 Å². The smallest absolute Gasteiger partial charge is 0.255 e. The number of rotatable bonds is 2. The lowest BCUT2D eigenvalue weighted by Crippen LogP contribution is -2.13. The SMILES string of the molecule is Cc1ccc(C(=O)Nc2c(C)n[nH]c2C)cc1N. The third-order valence-electron chi connectivity index (χ3n) is 2.91. The number of nitrogen functional groups attached to an aromatic ring is 1. The minimum atomic E-state index is -0.186. The van der Waals surface area contributed by atoms with Crippen LogP contribution in [-0.4, -0.2) is 16.1 Å². The summed E-state index contributed by atoms with van der Waals surface area (Å²) in [6, 6.07) is 5.26. The summed E-state index contributed by atoms with van der Waals surface area (Å²) >= 11 is 0. The van der Waals surface area contributed by atoms with Crippen LogP contribution in [0.1, 0.15) is 27.3 Å². The average Bonchev–Trinajstić information content (AvgIpc) is 2.64. The Kier molecular flexibility index (Phi) is 3.06. The van der Waals surface area contributed by atoms with Crippen LogP contribution in [0.2, 0.25) is 0 Å². The highest BCUT2D eigenvalue weighted by Gasteiger charge is 2.12. The van der Waals surface area contributed by atoms with Crippen molar-refractivity contribution in [1.82, 2.24) is 10.2 Å². The van der Waals surface area contributed by atoms with Crippen molar-refractivity contribution in [1.29, 1.82) is 0 Å². The predicted octanol–water partition coefficient (Wildman–Crippen LogP) is 2.17. The molecule has 0 radical (unpaired) electrons. The number of carbonyl (C=O) groups excluding carboxylic acids is 1. The zero-order valence-electron chi connectivity index (χ0n) is 10.7. The summed E-state index contributed by atoms with van der Waals surface area (Å²) in [7, 11) is 0. The third kappa shape index (κ3) is 2.20. The Morgan fingerprint density at radius 3 is 2.61 bits per heavy atom. The molecule has 0 saturated heterocycles. The second-order valence-electron chi connectivity index (χ2n) is 4.33. The molecule has 1 aromatic heterocycles. The molecule has 0 aliphatic heterocycles. The van der Waals surface area contributed by atoms with E-state index >= 15 is 0 Å². The first-order valence-electron chi connectivity index (χ1n) is 5.68. The minimum absolute atomic E-state index is 0.186. The van der Waals surface area contributed by atoms with Crippen molar-refractivity contribution in [2.75, 3.05) is 11.1 Å². The molecular formula is C13H16N4O. The van der Waals surface area contributed by atoms with Gasteiger partial charge in [0.15, 0.2) is 0 Å². The Morgan fingerprint density at radius 2 is 2.06 bits per heavy atom. The molecule has 0 atom stereocenters. The number of carbonyl (C=O) groups is 1. The van der Waals surface area contributed by atoms with Gasteiger partial charge in [0.1, 0.15) is 0 Å². The molecule has 18 heavy (non-hydrogen) atoms. The van der Waals surface area contributed by atoms with Crippen LogP contribution in [0, 0.1) is 20.8 Å². The number of H-pyrrole nitrogens is 1. The van der Waals surface area contributed by atoms with Crippen LogP contribution in [-0.2, 0) is 0 Å². The average molecular weight is 244 g/mol. The van der Waals surface area contributed by atoms with Gasteiger partial charge in [-0.05, 0) is 38.5 Å². The van der Waals surface area contributed by atoms with Crippen molar-refractivity contribution in [3.05, 3.63) is 40.7 Å². The molecule has 0 fully saturated rings. The van der Waals surface area contributed by atoms with Crippen molar-refractivity contribution < 1.29 is 4.79 Å². The zero-order valence-corrected chi connectivity index (χ0v) is 10.7. The number of nitrogens with one attached hydrogen (secondary N) is 2. The Labute approximate surface area is 105 Å². The van der Waals surface area contributed by atoms with Crippen LogP contribution >= 0.6 is 0 Å². The van der Waals surface area contributed by atoms with Gasteiger partial charge in [0.2, 0.25) is 0 Å². The number of anilines is 2. The van der Waals surface area contributed by atoms with E-state index in [1.54, 1.807) is 12.1 Å². The lowest BCUT2D eigenvalue weighted by molar-refractivity contribution is 0.102. The summed E-state index contributed by atoms with van der Waals surface area (Å²) < 4.78 is 0. The van der Waals surface area contributed by atoms with Gasteiger partial charge in [-0.1, -0.05) is 6.07 Å². The van der Waals surface area contributed by atoms with Gasteiger partial charge in [-0.15, -0.1) is 0 Å². The van der Waals surface area contributed by atoms with E-state index in [1.165, 1.54) is 0 Å². The van der Waals surface area contributed by atoms with Gasteiger partial charge in [0.05, 0.1) is 17.1 Å². The number of amides is 1. The summed E-state index contributed by atoms with van der Waals surface area (Å²) in [4.78, 5) is 12.1. The van der Waals surface area contributed by atoms with E-state index in [-0.39, 0.29) is 5.91 Å². The molecule has 1 heterocycles. The van der Waals surface area contributed by atoms with Crippen LogP contribution in [0.25, 0.3) is 0 Å². The number of hydrogen-bond acceptors (Lipinski definition) is 3. The minimum Gasteiger partial charge on any atom is -0.398 e. The summed E-state index contributed by atoms with van der Waals surface area (Å²) in [6.07, 6.45) is 0. The molecule has 0 bridgehead atoms. The number of benzene rings is 1. The van der Waals surface area contributed by atoms with Gasteiger partial charge in [0.25, 0.3) is 5.91 Å². The Bertz CT molecular complexity index is 582. The third-order valence-corrected chi connectivity index (χ3v) is 2.91. The van der Waals surface area contributed by atoms with Gasteiger partial charge < -0.3 is 11.1 Å². The molecule has 1 aromatic carbocycles. The Morgan fingerprint density at radius 1 is 1.33 bits per heavy atom. The fraction of sp³-hybridized carbons (Fsp3) is 0.231. The number of nitrogens with zero attached hydrogens (tertiary/aromatic N) is 1. The van der Waals surface area contributed by atoms with Crippen molar-refractivity contribution in [3.63, 3.8) is 0 Å². The van der Waals surface area contributed by atoms with Gasteiger partial charge >= 0.3 is 0 Å². The van der Waals surface area contributed by atoms with Crippen LogP contribution < -0.4 is 11.1 Å². The molecule has 5 heteroatoms. The summed E-state index contributed by atoms with van der Waals surface area (Å²) in [5.41, 5.74) is 10.2. The van der Waals surface area contributed by atoms with Crippen molar-refractivity contribution >= 4 is 17.3 Å². The maximum Gasteiger partial charge on any atom is 0.255 e. The van der Waals surface area contributed by atoms with Crippen molar-refractivity contribution in [2.24, 2.45) is 0 Å². The van der Waals surface area contributed by atoms with Crippen molar-refractivity contribution in [2.45, 2.75) is 20.8 Å². The maximum atomic E-state index is 12.1. The molecule has 1 amide bonds. The van der Waals surface area contributed by atoms with E-state index in [0.29, 0.717) is 11.3 Å². The molecule has 94 valence electrons. The summed E-state index contributed by atoms with van der Waals surface area (Å²) in [6.45, 7) is 5.60. The normalized spacial score (nSPS) is 10.4. The molecular weight excluding hydrogens is 228 g/mol. The van der Waals surface area contributed by atoms with Crippen LogP contribution in [0.3, 0.4) is 0 Å². The maximum absolute atomic E-state index is 12.1. The number of nitrogens with two attached hydrogens (primary N) is 1. The van der Waals surface area contributed by atoms with Crippen molar-refractivity contribution in [3.8, 4) is 0 Å². The monoisotopic (exact) mass is 244 g/mol. The first kappa shape index (κ1) is 12.2. The molecule has 2 rings (SSSR count). The fourth-order valence-electron chi connectivity index (χ4n) is 1.70. The van der Waals surface area contributed by atoms with Gasteiger partial charge in [0, 0.05) is 11.3 Å². The second-order valence-corrected chi connectivity index (χ2v) is 4.33. The highest BCUT2D eigenvalue weighted by Crippen LogP contribution is 2.19. The van der Waals surface area contributed by atoms with Gasteiger partial charge in [-0.2, -0.15) is 5.10 Å². The molecule has 2 aromatic rings. The highest BCUT2D eigenvalue weighted by molar-refractivity contribution is 6.05. The number of hydrogen-bond donors (Lipinski definition) is 3. The van der Waals surface area contributed by atoms with Gasteiger partial charge in [-0.25, -0.2) is 0 Å². The fourth-order valence-corrected chi connectivity index (χ4v) is 1.70. The molecule has 0 saturated carbocycles. The number of aromatic nitrogens is 2. The van der Waals surface area contributed by atoms with E-state index in [2.05, 4.69) is 15.5 Å². The van der Waals surface area contributed by atoms with E-state index in [0.717, 1.165) is 22.6 Å². The zero-order chi connectivity index (χ0) is 13.3. The van der Waals surface area contributed by atoms with E-state index in [9.17, 15) is 4.79 Å². The lowest BCUT2D eigenvalue weighted by Gasteiger charge is -2.07.